The first kappa shape index (κ1) is 65.6. The Kier molecular flexibility index (Phi) is 54.3. The van der Waals surface area contributed by atoms with Crippen molar-refractivity contribution in [3.8, 4) is 0 Å². The molecular weight excluding hydrogens is 853 g/mol. The van der Waals surface area contributed by atoms with Gasteiger partial charge in [0.25, 0.3) is 0 Å². The van der Waals surface area contributed by atoms with E-state index in [1.54, 1.807) is 0 Å². The van der Waals surface area contributed by atoms with E-state index in [9.17, 15) is 14.4 Å². The van der Waals surface area contributed by atoms with Crippen LogP contribution in [0.15, 0.2) is 85.1 Å². The fraction of sp³-hybridized carbons (Fsp3) is 0.730. The van der Waals surface area contributed by atoms with Crippen molar-refractivity contribution in [2.45, 2.75) is 284 Å². The average molecular weight is 962 g/mol. The summed E-state index contributed by atoms with van der Waals surface area (Å²) in [5.41, 5.74) is 0. The third-order valence-electron chi connectivity index (χ3n) is 12.4. The van der Waals surface area contributed by atoms with Crippen molar-refractivity contribution in [2.24, 2.45) is 0 Å². The minimum absolute atomic E-state index is 0.0886. The van der Waals surface area contributed by atoms with E-state index < -0.39 is 6.10 Å². The van der Waals surface area contributed by atoms with Crippen LogP contribution in [0, 0.1) is 0 Å². The summed E-state index contributed by atoms with van der Waals surface area (Å²) in [5, 5.41) is 0. The van der Waals surface area contributed by atoms with E-state index in [-0.39, 0.29) is 31.1 Å². The monoisotopic (exact) mass is 961 g/mol. The van der Waals surface area contributed by atoms with Gasteiger partial charge in [0.05, 0.1) is 0 Å². The van der Waals surface area contributed by atoms with E-state index in [1.807, 2.05) is 0 Å². The van der Waals surface area contributed by atoms with Crippen LogP contribution in [0.5, 0.6) is 0 Å². The maximum atomic E-state index is 12.9. The molecule has 0 saturated carbocycles. The quantitative estimate of drug-likeness (QED) is 0.0262. The second kappa shape index (κ2) is 57.2. The van der Waals surface area contributed by atoms with E-state index in [2.05, 4.69) is 106 Å². The van der Waals surface area contributed by atoms with E-state index in [0.29, 0.717) is 19.3 Å². The second-order valence-corrected chi connectivity index (χ2v) is 19.2. The lowest BCUT2D eigenvalue weighted by Gasteiger charge is -2.18. The number of carbonyl (C=O) groups excluding carboxylic acids is 3. The van der Waals surface area contributed by atoms with Crippen LogP contribution in [0.4, 0.5) is 0 Å². The van der Waals surface area contributed by atoms with Crippen molar-refractivity contribution in [3.05, 3.63) is 85.1 Å². The number of rotatable bonds is 52. The number of allylic oxidation sites excluding steroid dienone is 14. The molecule has 0 fully saturated rings. The Labute approximate surface area is 426 Å². The molecule has 6 heteroatoms. The lowest BCUT2D eigenvalue weighted by Crippen LogP contribution is -2.30. The first-order valence-electron chi connectivity index (χ1n) is 29.1. The molecule has 0 bridgehead atoms. The van der Waals surface area contributed by atoms with Gasteiger partial charge in [-0.05, 0) is 116 Å². The molecule has 0 N–H and O–H groups in total. The molecule has 1 unspecified atom stereocenters. The summed E-state index contributed by atoms with van der Waals surface area (Å²) in [4.78, 5) is 38.1. The van der Waals surface area contributed by atoms with Gasteiger partial charge in [0.1, 0.15) is 13.2 Å². The van der Waals surface area contributed by atoms with E-state index in [4.69, 9.17) is 14.2 Å². The zero-order chi connectivity index (χ0) is 50.0. The third-order valence-corrected chi connectivity index (χ3v) is 12.4. The average Bonchev–Trinajstić information content (AvgIpc) is 3.35. The molecule has 0 radical (unpaired) electrons. The van der Waals surface area contributed by atoms with Crippen LogP contribution in [0.2, 0.25) is 0 Å². The van der Waals surface area contributed by atoms with Gasteiger partial charge < -0.3 is 14.2 Å². The fourth-order valence-corrected chi connectivity index (χ4v) is 7.99. The maximum absolute atomic E-state index is 12.9. The van der Waals surface area contributed by atoms with Crippen LogP contribution in [-0.2, 0) is 28.6 Å². The van der Waals surface area contributed by atoms with Gasteiger partial charge >= 0.3 is 17.9 Å². The van der Waals surface area contributed by atoms with Crippen LogP contribution in [0.1, 0.15) is 278 Å². The Bertz CT molecular complexity index is 1330. The summed E-state index contributed by atoms with van der Waals surface area (Å²) < 4.78 is 16.8. The molecule has 0 rings (SSSR count). The largest absolute Gasteiger partial charge is 0.462 e. The normalized spacial score (nSPS) is 12.7. The van der Waals surface area contributed by atoms with Gasteiger partial charge in [0.2, 0.25) is 0 Å². The summed E-state index contributed by atoms with van der Waals surface area (Å²) in [6, 6.07) is 0. The highest BCUT2D eigenvalue weighted by molar-refractivity contribution is 5.71. The van der Waals surface area contributed by atoms with Gasteiger partial charge in [-0.15, -0.1) is 0 Å². The fourth-order valence-electron chi connectivity index (χ4n) is 7.99. The Balaban J connectivity index is 4.40. The summed E-state index contributed by atoms with van der Waals surface area (Å²) >= 11 is 0. The Morgan fingerprint density at radius 2 is 0.565 bits per heavy atom. The molecule has 0 spiro atoms. The van der Waals surface area contributed by atoms with Crippen molar-refractivity contribution >= 4 is 17.9 Å². The highest BCUT2D eigenvalue weighted by atomic mass is 16.6. The lowest BCUT2D eigenvalue weighted by molar-refractivity contribution is -0.167. The minimum atomic E-state index is -0.791. The summed E-state index contributed by atoms with van der Waals surface area (Å²) in [7, 11) is 0. The first-order valence-corrected chi connectivity index (χ1v) is 29.1. The molecular formula is C63H108O6. The zero-order valence-corrected chi connectivity index (χ0v) is 45.3. The Morgan fingerprint density at radius 3 is 0.928 bits per heavy atom. The highest BCUT2D eigenvalue weighted by Crippen LogP contribution is 2.15. The SMILES string of the molecule is CC/C=C\C/C=C\C/C=C\C/C=C\C/C=C\CCCCCCCC(=O)OCC(COC(=O)CCCCCCC/C=C\CCCCC)OC(=O)CCCCCCCCC/C=C\CCCCCCCCC. The van der Waals surface area contributed by atoms with Crippen molar-refractivity contribution in [1.82, 2.24) is 0 Å². The standard InChI is InChI=1S/C63H108O6/c1-4-7-10-13-16-19-22-25-27-29-31-32-33-35-36-38-41-44-47-50-53-56-62(65)68-59-60(58-67-61(64)55-52-49-46-43-40-24-21-18-15-12-9-6-3)69-63(66)57-54-51-48-45-42-39-37-34-30-28-26-23-20-17-14-11-8-5-2/h7,10,16,18-19,21,25,27-28,30-32,35-36,60H,4-6,8-9,11-15,17,20,22-24,26,29,33-34,37-59H2,1-3H3/b10-7-,19-16-,21-18-,27-25-,30-28-,32-31-,36-35-. The molecule has 0 aromatic carbocycles. The molecule has 0 amide bonds. The van der Waals surface area contributed by atoms with E-state index in [1.165, 1.54) is 122 Å². The maximum Gasteiger partial charge on any atom is 0.306 e. The van der Waals surface area contributed by atoms with Gasteiger partial charge in [0.15, 0.2) is 6.10 Å². The number of ether oxygens (including phenoxy) is 3. The second-order valence-electron chi connectivity index (χ2n) is 19.2. The topological polar surface area (TPSA) is 78.9 Å². The Morgan fingerprint density at radius 1 is 0.304 bits per heavy atom. The number of hydrogen-bond acceptors (Lipinski definition) is 6. The molecule has 0 heterocycles. The lowest BCUT2D eigenvalue weighted by atomic mass is 10.1. The summed E-state index contributed by atoms with van der Waals surface area (Å²) in [6.07, 6.45) is 74.3. The van der Waals surface area contributed by atoms with E-state index in [0.717, 1.165) is 116 Å². The van der Waals surface area contributed by atoms with Gasteiger partial charge in [-0.3, -0.25) is 14.4 Å². The van der Waals surface area contributed by atoms with Gasteiger partial charge in [0, 0.05) is 19.3 Å². The highest BCUT2D eigenvalue weighted by Gasteiger charge is 2.19. The van der Waals surface area contributed by atoms with Gasteiger partial charge in [-0.2, -0.15) is 0 Å². The van der Waals surface area contributed by atoms with Crippen LogP contribution >= 0.6 is 0 Å². The zero-order valence-electron chi connectivity index (χ0n) is 45.3. The third kappa shape index (κ3) is 55.4. The first-order chi connectivity index (χ1) is 34.0. The van der Waals surface area contributed by atoms with Crippen molar-refractivity contribution in [1.29, 1.82) is 0 Å². The van der Waals surface area contributed by atoms with Gasteiger partial charge in [-0.25, -0.2) is 0 Å². The number of esters is 3. The molecule has 0 aliphatic carbocycles. The predicted molar refractivity (Wildman–Crippen MR) is 297 cm³/mol. The molecule has 396 valence electrons. The molecule has 69 heavy (non-hydrogen) atoms. The molecule has 0 saturated heterocycles. The van der Waals surface area contributed by atoms with Gasteiger partial charge in [-0.1, -0.05) is 228 Å². The van der Waals surface area contributed by atoms with Crippen LogP contribution in [0.25, 0.3) is 0 Å². The van der Waals surface area contributed by atoms with Crippen molar-refractivity contribution in [3.63, 3.8) is 0 Å². The van der Waals surface area contributed by atoms with Crippen LogP contribution in [0.3, 0.4) is 0 Å². The molecule has 0 aliphatic heterocycles. The predicted octanol–water partition coefficient (Wildman–Crippen LogP) is 19.5. The Hall–Kier alpha value is -3.41. The molecule has 0 aromatic heterocycles. The van der Waals surface area contributed by atoms with Crippen LogP contribution in [-0.4, -0.2) is 37.2 Å². The van der Waals surface area contributed by atoms with E-state index >= 15 is 0 Å². The molecule has 0 aromatic rings. The molecule has 6 nitrogen and oxygen atoms in total. The van der Waals surface area contributed by atoms with Crippen molar-refractivity contribution in [2.75, 3.05) is 13.2 Å². The number of carbonyl (C=O) groups is 3. The summed E-state index contributed by atoms with van der Waals surface area (Å²) in [5.74, 6) is -0.915. The number of hydrogen-bond donors (Lipinski definition) is 0. The smallest absolute Gasteiger partial charge is 0.306 e. The minimum Gasteiger partial charge on any atom is -0.462 e. The number of unbranched alkanes of at least 4 members (excludes halogenated alkanes) is 27. The molecule has 1 atom stereocenters. The molecule has 0 aliphatic rings. The summed E-state index contributed by atoms with van der Waals surface area (Å²) in [6.45, 7) is 6.49. The van der Waals surface area contributed by atoms with Crippen LogP contribution < -0.4 is 0 Å². The van der Waals surface area contributed by atoms with Crippen molar-refractivity contribution < 1.29 is 28.6 Å².